The summed E-state index contributed by atoms with van der Waals surface area (Å²) < 4.78 is 34.6. The second-order valence-corrected chi connectivity index (χ2v) is 12.3. The van der Waals surface area contributed by atoms with E-state index in [0.29, 0.717) is 17.5 Å². The summed E-state index contributed by atoms with van der Waals surface area (Å²) in [6.45, 7) is 6.18. The quantitative estimate of drug-likeness (QED) is 0.172. The van der Waals surface area contributed by atoms with Crippen molar-refractivity contribution in [2.45, 2.75) is 30.4 Å². The van der Waals surface area contributed by atoms with Gasteiger partial charge in [-0.05, 0) is 84.3 Å². The number of nitrogens with one attached hydrogen (secondary N) is 2. The summed E-state index contributed by atoms with van der Waals surface area (Å²) in [6.07, 6.45) is 3.01. The summed E-state index contributed by atoms with van der Waals surface area (Å²) in [5.41, 5.74) is 3.48. The fourth-order valence-electron chi connectivity index (χ4n) is 5.54. The summed E-state index contributed by atoms with van der Waals surface area (Å²) in [4.78, 5) is 12.2. The third kappa shape index (κ3) is 8.10. The van der Waals surface area contributed by atoms with Crippen molar-refractivity contribution in [2.75, 3.05) is 50.0 Å². The first-order valence-electron chi connectivity index (χ1n) is 14.9. The number of morpholine rings is 1. The van der Waals surface area contributed by atoms with Gasteiger partial charge in [-0.3, -0.25) is 4.90 Å². The van der Waals surface area contributed by atoms with E-state index in [4.69, 9.17) is 4.74 Å². The Morgan fingerprint density at radius 3 is 2.43 bits per heavy atom. The zero-order valence-electron chi connectivity index (χ0n) is 24.3. The minimum absolute atomic E-state index is 0.240. The lowest BCUT2D eigenvalue weighted by Gasteiger charge is -2.33. The Morgan fingerprint density at radius 1 is 0.886 bits per heavy atom. The van der Waals surface area contributed by atoms with E-state index in [2.05, 4.69) is 66.2 Å². The molecule has 2 aliphatic heterocycles. The van der Waals surface area contributed by atoms with Crippen molar-refractivity contribution in [3.63, 3.8) is 0 Å². The van der Waals surface area contributed by atoms with Crippen LogP contribution in [0.4, 0.5) is 31.9 Å². The molecule has 0 amide bonds. The fraction of sp³-hybridized carbons (Fsp3) is 0.333. The monoisotopic (exact) mass is 618 g/mol. The molecular formula is C33H36F2N6O2S. The van der Waals surface area contributed by atoms with Crippen molar-refractivity contribution in [3.8, 4) is 0 Å². The summed E-state index contributed by atoms with van der Waals surface area (Å²) in [7, 11) is 0. The van der Waals surface area contributed by atoms with Gasteiger partial charge in [-0.2, -0.15) is 4.98 Å². The van der Waals surface area contributed by atoms with Gasteiger partial charge in [0.15, 0.2) is 11.6 Å². The molecule has 6 rings (SSSR count). The first-order chi connectivity index (χ1) is 21.5. The predicted octanol–water partition coefficient (Wildman–Crippen LogP) is 6.53. The molecule has 2 fully saturated rings. The van der Waals surface area contributed by atoms with Crippen LogP contribution in [0.15, 0.2) is 83.9 Å². The van der Waals surface area contributed by atoms with Gasteiger partial charge in [-0.1, -0.05) is 24.3 Å². The molecule has 11 heteroatoms. The highest BCUT2D eigenvalue weighted by atomic mass is 32.2. The van der Waals surface area contributed by atoms with E-state index in [9.17, 15) is 13.9 Å². The molecule has 230 valence electrons. The minimum atomic E-state index is -0.928. The van der Waals surface area contributed by atoms with Gasteiger partial charge in [-0.15, -0.1) is 0 Å². The second-order valence-electron chi connectivity index (χ2n) is 11.1. The van der Waals surface area contributed by atoms with Crippen LogP contribution < -0.4 is 10.6 Å². The van der Waals surface area contributed by atoms with Gasteiger partial charge in [0, 0.05) is 61.3 Å². The lowest BCUT2D eigenvalue weighted by Crippen LogP contribution is -2.35. The SMILES string of the molecule is OC(c1cccc(CN2CCOCC2)c1)C1CCN(Sc2ccc(Nc3nccc(Nc4ccc(F)c(F)c4)n3)cc2)CC1. The zero-order valence-corrected chi connectivity index (χ0v) is 25.1. The van der Waals surface area contributed by atoms with E-state index >= 15 is 0 Å². The number of hydrogen-bond donors (Lipinski definition) is 3. The summed E-state index contributed by atoms with van der Waals surface area (Å²) in [6, 6.07) is 21.7. The van der Waals surface area contributed by atoms with Gasteiger partial charge in [0.05, 0.1) is 19.3 Å². The molecule has 4 aromatic rings. The lowest BCUT2D eigenvalue weighted by molar-refractivity contribution is 0.0341. The topological polar surface area (TPSA) is 85.8 Å². The Hall–Kier alpha value is -3.61. The van der Waals surface area contributed by atoms with Gasteiger partial charge in [0.1, 0.15) is 5.82 Å². The van der Waals surface area contributed by atoms with Gasteiger partial charge in [-0.25, -0.2) is 18.1 Å². The Kier molecular flexibility index (Phi) is 9.99. The maximum absolute atomic E-state index is 13.5. The molecule has 0 aliphatic carbocycles. The second kappa shape index (κ2) is 14.4. The first-order valence-corrected chi connectivity index (χ1v) is 15.7. The average Bonchev–Trinajstić information content (AvgIpc) is 3.05. The standard InChI is InChI=1S/C33H36F2N6O2S/c34-29-9-6-27(21-30(29)35)37-31-10-13-36-33(39-31)38-26-4-7-28(8-5-26)44-41-14-11-24(12-15-41)32(42)25-3-1-2-23(20-25)22-40-16-18-43-19-17-40/h1-10,13,20-21,24,32,42H,11-12,14-19,22H2,(H2,36,37,38,39). The van der Waals surface area contributed by atoms with E-state index in [0.717, 1.165) is 87.1 Å². The maximum atomic E-state index is 13.5. The molecule has 0 saturated carbocycles. The van der Waals surface area contributed by atoms with Crippen LogP contribution in [0, 0.1) is 17.6 Å². The van der Waals surface area contributed by atoms with Crippen LogP contribution >= 0.6 is 11.9 Å². The highest BCUT2D eigenvalue weighted by molar-refractivity contribution is 7.97. The van der Waals surface area contributed by atoms with Crippen molar-refractivity contribution < 1.29 is 18.6 Å². The van der Waals surface area contributed by atoms with Gasteiger partial charge < -0.3 is 20.5 Å². The first kappa shape index (κ1) is 30.4. The van der Waals surface area contributed by atoms with Gasteiger partial charge in [0.25, 0.3) is 0 Å². The molecule has 3 N–H and O–H groups in total. The summed E-state index contributed by atoms with van der Waals surface area (Å²) in [5, 5.41) is 17.4. The van der Waals surface area contributed by atoms with Crippen molar-refractivity contribution >= 4 is 35.1 Å². The van der Waals surface area contributed by atoms with Crippen LogP contribution in [-0.4, -0.2) is 63.7 Å². The van der Waals surface area contributed by atoms with E-state index in [1.165, 1.54) is 11.6 Å². The normalized spacial score (nSPS) is 17.3. The van der Waals surface area contributed by atoms with Crippen LogP contribution in [-0.2, 0) is 11.3 Å². The minimum Gasteiger partial charge on any atom is -0.388 e. The number of aliphatic hydroxyl groups excluding tert-OH is 1. The molecule has 2 saturated heterocycles. The van der Waals surface area contributed by atoms with E-state index in [1.54, 1.807) is 24.2 Å². The third-order valence-electron chi connectivity index (χ3n) is 7.94. The van der Waals surface area contributed by atoms with Crippen molar-refractivity contribution in [3.05, 3.63) is 102 Å². The molecule has 1 aromatic heterocycles. The summed E-state index contributed by atoms with van der Waals surface area (Å²) >= 11 is 1.73. The van der Waals surface area contributed by atoms with Crippen LogP contribution in [0.2, 0.25) is 0 Å². The number of hydrogen-bond acceptors (Lipinski definition) is 9. The lowest BCUT2D eigenvalue weighted by atomic mass is 9.87. The number of piperidine rings is 1. The van der Waals surface area contributed by atoms with Gasteiger partial charge in [0.2, 0.25) is 5.95 Å². The Labute approximate surface area is 260 Å². The number of nitrogens with zero attached hydrogens (tertiary/aromatic N) is 4. The van der Waals surface area contributed by atoms with Crippen LogP contribution in [0.5, 0.6) is 0 Å². The number of halogens is 2. The molecule has 0 bridgehead atoms. The number of ether oxygens (including phenoxy) is 1. The number of aromatic nitrogens is 2. The third-order valence-corrected chi connectivity index (χ3v) is 9.05. The number of aliphatic hydroxyl groups is 1. The van der Waals surface area contributed by atoms with Gasteiger partial charge >= 0.3 is 0 Å². The van der Waals surface area contributed by atoms with Crippen molar-refractivity contribution in [1.29, 1.82) is 0 Å². The molecule has 0 spiro atoms. The van der Waals surface area contributed by atoms with E-state index < -0.39 is 17.7 Å². The molecule has 2 aliphatic rings. The largest absolute Gasteiger partial charge is 0.388 e. The molecule has 1 atom stereocenters. The van der Waals surface area contributed by atoms with Crippen LogP contribution in [0.3, 0.4) is 0 Å². The predicted molar refractivity (Wildman–Crippen MR) is 169 cm³/mol. The molecular weight excluding hydrogens is 582 g/mol. The van der Waals surface area contributed by atoms with Crippen molar-refractivity contribution in [1.82, 2.24) is 19.2 Å². The van der Waals surface area contributed by atoms with E-state index in [-0.39, 0.29) is 5.92 Å². The Balaban J connectivity index is 0.977. The zero-order chi connectivity index (χ0) is 30.3. The molecule has 8 nitrogen and oxygen atoms in total. The number of benzene rings is 3. The van der Waals surface area contributed by atoms with Crippen LogP contribution in [0.25, 0.3) is 0 Å². The summed E-state index contributed by atoms with van der Waals surface area (Å²) in [5.74, 6) is -0.754. The number of rotatable bonds is 10. The van der Waals surface area contributed by atoms with E-state index in [1.807, 2.05) is 12.1 Å². The highest BCUT2D eigenvalue weighted by Gasteiger charge is 2.27. The molecule has 3 heterocycles. The molecule has 3 aromatic carbocycles. The molecule has 1 unspecified atom stereocenters. The van der Waals surface area contributed by atoms with Crippen LogP contribution in [0.1, 0.15) is 30.1 Å². The smallest absolute Gasteiger partial charge is 0.229 e. The fourth-order valence-corrected chi connectivity index (χ4v) is 6.48. The maximum Gasteiger partial charge on any atom is 0.229 e. The average molecular weight is 619 g/mol. The van der Waals surface area contributed by atoms with Crippen molar-refractivity contribution in [2.24, 2.45) is 5.92 Å². The molecule has 0 radical (unpaired) electrons. The molecule has 44 heavy (non-hydrogen) atoms. The Morgan fingerprint density at radius 2 is 1.66 bits per heavy atom. The number of anilines is 4. The Bertz CT molecular complexity index is 1530. The highest BCUT2D eigenvalue weighted by Crippen LogP contribution is 2.35.